The molecule has 0 aliphatic carbocycles. The van der Waals surface area contributed by atoms with Gasteiger partial charge in [0, 0.05) is 25.0 Å². The number of carbonyl (C=O) groups is 1. The fraction of sp³-hybridized carbons (Fsp3) is 0.310. The quantitative estimate of drug-likeness (QED) is 0.450. The molecule has 0 bridgehead atoms. The lowest BCUT2D eigenvalue weighted by Crippen LogP contribution is -2.44. The highest BCUT2D eigenvalue weighted by Gasteiger charge is 2.29. The van der Waals surface area contributed by atoms with Crippen molar-refractivity contribution in [1.82, 2.24) is 14.5 Å². The van der Waals surface area contributed by atoms with E-state index in [9.17, 15) is 9.59 Å². The Morgan fingerprint density at radius 3 is 2.67 bits per heavy atom. The Labute approximate surface area is 210 Å². The molecule has 3 heterocycles. The number of nitrogens with zero attached hydrogens (tertiary/aromatic N) is 4. The van der Waals surface area contributed by atoms with Crippen molar-refractivity contribution in [3.63, 3.8) is 0 Å². The SMILES string of the molecule is Cc1ccc(Cn2c(=O)c(N3CCCC(C(=O)Nc4cccc(C)c4C)C3)nc3cccnc32)cc1. The van der Waals surface area contributed by atoms with Gasteiger partial charge in [-0.3, -0.25) is 14.2 Å². The molecule has 1 saturated heterocycles. The van der Waals surface area contributed by atoms with Gasteiger partial charge in [-0.1, -0.05) is 42.0 Å². The van der Waals surface area contributed by atoms with Gasteiger partial charge in [-0.2, -0.15) is 0 Å². The van der Waals surface area contributed by atoms with Crippen molar-refractivity contribution in [3.05, 3.63) is 93.4 Å². The molecule has 1 fully saturated rings. The van der Waals surface area contributed by atoms with Crippen LogP contribution in [0.1, 0.15) is 35.1 Å². The van der Waals surface area contributed by atoms with Crippen LogP contribution in [-0.2, 0) is 11.3 Å². The van der Waals surface area contributed by atoms with Crippen LogP contribution in [0.2, 0.25) is 0 Å². The zero-order valence-electron chi connectivity index (χ0n) is 21.0. The lowest BCUT2D eigenvalue weighted by molar-refractivity contribution is -0.120. The van der Waals surface area contributed by atoms with E-state index in [2.05, 4.69) is 10.3 Å². The highest BCUT2D eigenvalue weighted by Crippen LogP contribution is 2.24. The number of piperidine rings is 1. The van der Waals surface area contributed by atoms with Crippen LogP contribution in [0.25, 0.3) is 11.2 Å². The molecule has 1 aliphatic heterocycles. The number of nitrogens with one attached hydrogen (secondary N) is 1. The van der Waals surface area contributed by atoms with Crippen LogP contribution < -0.4 is 15.8 Å². The molecule has 7 nitrogen and oxygen atoms in total. The summed E-state index contributed by atoms with van der Waals surface area (Å²) >= 11 is 0. The maximum Gasteiger partial charge on any atom is 0.295 e. The number of benzene rings is 2. The Balaban J connectivity index is 1.44. The molecule has 0 spiro atoms. The van der Waals surface area contributed by atoms with Crippen molar-refractivity contribution in [2.45, 2.75) is 40.2 Å². The van der Waals surface area contributed by atoms with Crippen LogP contribution >= 0.6 is 0 Å². The van der Waals surface area contributed by atoms with Crippen molar-refractivity contribution < 1.29 is 4.79 Å². The topological polar surface area (TPSA) is 80.1 Å². The van der Waals surface area contributed by atoms with E-state index >= 15 is 0 Å². The fourth-order valence-corrected chi connectivity index (χ4v) is 4.80. The summed E-state index contributed by atoms with van der Waals surface area (Å²) in [7, 11) is 0. The first-order valence-corrected chi connectivity index (χ1v) is 12.4. The summed E-state index contributed by atoms with van der Waals surface area (Å²) in [4.78, 5) is 38.1. The molecule has 184 valence electrons. The van der Waals surface area contributed by atoms with Crippen molar-refractivity contribution >= 4 is 28.6 Å². The maximum absolute atomic E-state index is 13.7. The largest absolute Gasteiger partial charge is 0.351 e. The third-order valence-electron chi connectivity index (χ3n) is 7.10. The molecule has 1 atom stereocenters. The summed E-state index contributed by atoms with van der Waals surface area (Å²) in [5.41, 5.74) is 6.29. The highest BCUT2D eigenvalue weighted by atomic mass is 16.2. The van der Waals surface area contributed by atoms with Crippen LogP contribution in [-0.4, -0.2) is 33.5 Å². The second-order valence-electron chi connectivity index (χ2n) is 9.68. The molecule has 1 N–H and O–H groups in total. The van der Waals surface area contributed by atoms with E-state index in [0.717, 1.165) is 35.2 Å². The van der Waals surface area contributed by atoms with Crippen LogP contribution in [0, 0.1) is 26.7 Å². The summed E-state index contributed by atoms with van der Waals surface area (Å²) in [6, 6.07) is 17.8. The van der Waals surface area contributed by atoms with E-state index in [-0.39, 0.29) is 17.4 Å². The molecule has 1 aliphatic rings. The van der Waals surface area contributed by atoms with E-state index in [1.165, 1.54) is 5.56 Å². The van der Waals surface area contributed by atoms with Gasteiger partial charge in [-0.05, 0) is 68.5 Å². The standard InChI is InChI=1S/C29H31N5O2/c1-19-11-13-22(14-12-19)17-34-26-25(10-5-15-30-26)31-27(29(34)36)33-16-6-8-23(18-33)28(35)32-24-9-4-7-20(2)21(24)3/h4-5,7,9-15,23H,6,8,16-18H2,1-3H3,(H,32,35). The molecule has 0 saturated carbocycles. The lowest BCUT2D eigenvalue weighted by atomic mass is 9.96. The minimum absolute atomic E-state index is 0.0177. The van der Waals surface area contributed by atoms with Crippen molar-refractivity contribution in [3.8, 4) is 0 Å². The van der Waals surface area contributed by atoms with Gasteiger partial charge < -0.3 is 10.2 Å². The van der Waals surface area contributed by atoms with Crippen molar-refractivity contribution in [2.75, 3.05) is 23.3 Å². The van der Waals surface area contributed by atoms with Crippen molar-refractivity contribution in [2.24, 2.45) is 5.92 Å². The summed E-state index contributed by atoms with van der Waals surface area (Å²) in [5, 5.41) is 3.11. The number of rotatable bonds is 5. The van der Waals surface area contributed by atoms with E-state index < -0.39 is 0 Å². The van der Waals surface area contributed by atoms with E-state index in [4.69, 9.17) is 4.98 Å². The number of anilines is 2. The Hall–Kier alpha value is -4.00. The molecule has 0 radical (unpaired) electrons. The van der Waals surface area contributed by atoms with Crippen LogP contribution in [0.4, 0.5) is 11.5 Å². The third-order valence-corrected chi connectivity index (χ3v) is 7.10. The summed E-state index contributed by atoms with van der Waals surface area (Å²) < 4.78 is 1.70. The first kappa shape index (κ1) is 23.7. The lowest BCUT2D eigenvalue weighted by Gasteiger charge is -2.33. The summed E-state index contributed by atoms with van der Waals surface area (Å²) in [5.74, 6) is 0.137. The van der Waals surface area contributed by atoms with Gasteiger partial charge in [0.25, 0.3) is 5.56 Å². The second kappa shape index (κ2) is 9.93. The minimum atomic E-state index is -0.227. The van der Waals surface area contributed by atoms with Gasteiger partial charge >= 0.3 is 0 Å². The summed E-state index contributed by atoms with van der Waals surface area (Å²) in [6.45, 7) is 7.64. The first-order valence-electron chi connectivity index (χ1n) is 12.4. The fourth-order valence-electron chi connectivity index (χ4n) is 4.80. The Morgan fingerprint density at radius 1 is 1.06 bits per heavy atom. The number of hydrogen-bond acceptors (Lipinski definition) is 5. The average Bonchev–Trinajstić information content (AvgIpc) is 2.89. The highest BCUT2D eigenvalue weighted by molar-refractivity contribution is 5.94. The van der Waals surface area contributed by atoms with Crippen LogP contribution in [0.5, 0.6) is 0 Å². The summed E-state index contributed by atoms with van der Waals surface area (Å²) in [6.07, 6.45) is 3.28. The molecule has 2 aromatic heterocycles. The molecule has 2 aromatic carbocycles. The average molecular weight is 482 g/mol. The molecular weight excluding hydrogens is 450 g/mol. The van der Waals surface area contributed by atoms with Crippen LogP contribution in [0.3, 0.4) is 0 Å². The minimum Gasteiger partial charge on any atom is -0.351 e. The first-order chi connectivity index (χ1) is 17.4. The second-order valence-corrected chi connectivity index (χ2v) is 9.68. The van der Waals surface area contributed by atoms with E-state index in [1.807, 2.05) is 80.3 Å². The molecular formula is C29H31N5O2. The molecule has 4 aromatic rings. The van der Waals surface area contributed by atoms with Crippen molar-refractivity contribution in [1.29, 1.82) is 0 Å². The van der Waals surface area contributed by atoms with Gasteiger partial charge in [-0.25, -0.2) is 9.97 Å². The third kappa shape index (κ3) is 4.73. The number of aromatic nitrogens is 3. The number of fused-ring (bicyclic) bond motifs is 1. The van der Waals surface area contributed by atoms with E-state index in [1.54, 1.807) is 10.8 Å². The number of aryl methyl sites for hydroxylation is 2. The number of amides is 1. The Kier molecular flexibility index (Phi) is 6.55. The van der Waals surface area contributed by atoms with Gasteiger partial charge in [0.15, 0.2) is 11.5 Å². The molecule has 36 heavy (non-hydrogen) atoms. The van der Waals surface area contributed by atoms with Gasteiger partial charge in [0.2, 0.25) is 5.91 Å². The van der Waals surface area contributed by atoms with Gasteiger partial charge in [-0.15, -0.1) is 0 Å². The molecule has 7 heteroatoms. The Morgan fingerprint density at radius 2 is 1.86 bits per heavy atom. The predicted molar refractivity (Wildman–Crippen MR) is 144 cm³/mol. The number of pyridine rings is 1. The van der Waals surface area contributed by atoms with Gasteiger partial charge in [0.05, 0.1) is 12.5 Å². The molecule has 5 rings (SSSR count). The van der Waals surface area contributed by atoms with Gasteiger partial charge in [0.1, 0.15) is 5.52 Å². The number of carbonyl (C=O) groups excluding carboxylic acids is 1. The molecule has 1 amide bonds. The normalized spacial score (nSPS) is 15.8. The maximum atomic E-state index is 13.7. The monoisotopic (exact) mass is 481 g/mol. The number of hydrogen-bond donors (Lipinski definition) is 1. The molecule has 1 unspecified atom stereocenters. The van der Waals surface area contributed by atoms with Crippen LogP contribution in [0.15, 0.2) is 65.6 Å². The zero-order valence-corrected chi connectivity index (χ0v) is 21.0. The predicted octanol–water partition coefficient (Wildman–Crippen LogP) is 4.62. The zero-order chi connectivity index (χ0) is 25.2. The Bertz CT molecular complexity index is 1480. The smallest absolute Gasteiger partial charge is 0.295 e. The van der Waals surface area contributed by atoms with E-state index in [0.29, 0.717) is 36.6 Å².